The van der Waals surface area contributed by atoms with E-state index in [1.807, 2.05) is 24.4 Å². The van der Waals surface area contributed by atoms with Gasteiger partial charge in [0.2, 0.25) is 10.0 Å². The highest BCUT2D eigenvalue weighted by Gasteiger charge is 2.20. The van der Waals surface area contributed by atoms with Crippen molar-refractivity contribution in [1.82, 2.24) is 15.1 Å². The number of fused-ring (bicyclic) bond motifs is 1. The molecule has 0 spiro atoms. The number of nitrogens with zero attached hydrogens (tertiary/aromatic N) is 2. The second-order valence-corrected chi connectivity index (χ2v) is 9.73. The van der Waals surface area contributed by atoms with Crippen molar-refractivity contribution in [3.63, 3.8) is 0 Å². The zero-order valence-corrected chi connectivity index (χ0v) is 17.7. The minimum atomic E-state index is -3.37. The first-order valence-corrected chi connectivity index (χ1v) is 11.8. The molecule has 0 amide bonds. The molecule has 29 heavy (non-hydrogen) atoms. The van der Waals surface area contributed by atoms with Gasteiger partial charge in [-0.3, -0.25) is 14.7 Å². The van der Waals surface area contributed by atoms with E-state index in [1.54, 1.807) is 6.07 Å². The number of H-pyrrole nitrogens is 1. The highest BCUT2D eigenvalue weighted by molar-refractivity contribution is 7.92. The molecule has 1 aliphatic rings. The molecule has 1 fully saturated rings. The monoisotopic (exact) mass is 433 g/mol. The summed E-state index contributed by atoms with van der Waals surface area (Å²) in [5.74, 6) is 0. The Morgan fingerprint density at radius 1 is 1.28 bits per heavy atom. The van der Waals surface area contributed by atoms with E-state index in [0.29, 0.717) is 16.8 Å². The number of sulfonamides is 1. The SMILES string of the molecule is CS(=O)(=O)Nc1cc(CN2CCC[C@@H](Nc3ccc4[nH]ncc4c3)C2)ccc1Cl. The first-order valence-electron chi connectivity index (χ1n) is 9.54. The molecule has 3 aromatic rings. The molecule has 0 aliphatic carbocycles. The predicted molar refractivity (Wildman–Crippen MR) is 118 cm³/mol. The smallest absolute Gasteiger partial charge is 0.229 e. The maximum atomic E-state index is 11.5. The van der Waals surface area contributed by atoms with Crippen LogP contribution in [0.25, 0.3) is 10.9 Å². The number of piperidine rings is 1. The van der Waals surface area contributed by atoms with E-state index in [1.165, 1.54) is 0 Å². The number of anilines is 2. The first kappa shape index (κ1) is 20.0. The van der Waals surface area contributed by atoms with Crippen LogP contribution in [-0.2, 0) is 16.6 Å². The van der Waals surface area contributed by atoms with E-state index in [2.05, 4.69) is 37.3 Å². The second-order valence-electron chi connectivity index (χ2n) is 7.58. The van der Waals surface area contributed by atoms with E-state index in [4.69, 9.17) is 11.6 Å². The number of hydrogen-bond acceptors (Lipinski definition) is 5. The van der Waals surface area contributed by atoms with E-state index < -0.39 is 10.0 Å². The molecule has 1 aromatic heterocycles. The molecule has 7 nitrogen and oxygen atoms in total. The molecule has 1 saturated heterocycles. The fourth-order valence-electron chi connectivity index (χ4n) is 3.79. The zero-order valence-electron chi connectivity index (χ0n) is 16.2. The Balaban J connectivity index is 1.41. The Bertz CT molecular complexity index is 1120. The van der Waals surface area contributed by atoms with Crippen LogP contribution in [-0.4, -0.2) is 48.9 Å². The summed E-state index contributed by atoms with van der Waals surface area (Å²) in [5.41, 5.74) is 3.58. The number of likely N-dealkylation sites (tertiary alicyclic amines) is 1. The van der Waals surface area contributed by atoms with Crippen molar-refractivity contribution in [2.24, 2.45) is 0 Å². The second kappa shape index (κ2) is 8.22. The third-order valence-corrected chi connectivity index (χ3v) is 5.97. The minimum absolute atomic E-state index is 0.356. The largest absolute Gasteiger partial charge is 0.381 e. The molecular weight excluding hydrogens is 410 g/mol. The molecule has 0 saturated carbocycles. The van der Waals surface area contributed by atoms with Gasteiger partial charge in [0.25, 0.3) is 0 Å². The summed E-state index contributed by atoms with van der Waals surface area (Å²) in [6, 6.07) is 12.1. The molecule has 1 aliphatic heterocycles. The molecule has 2 aromatic carbocycles. The van der Waals surface area contributed by atoms with Gasteiger partial charge < -0.3 is 5.32 Å². The van der Waals surface area contributed by atoms with Crippen molar-refractivity contribution in [3.8, 4) is 0 Å². The maximum Gasteiger partial charge on any atom is 0.229 e. The average Bonchev–Trinajstić information content (AvgIpc) is 3.11. The molecule has 0 unspecified atom stereocenters. The summed E-state index contributed by atoms with van der Waals surface area (Å²) < 4.78 is 25.6. The lowest BCUT2D eigenvalue weighted by Gasteiger charge is -2.33. The van der Waals surface area contributed by atoms with Gasteiger partial charge >= 0.3 is 0 Å². The molecule has 2 heterocycles. The van der Waals surface area contributed by atoms with Crippen LogP contribution in [0.15, 0.2) is 42.6 Å². The van der Waals surface area contributed by atoms with E-state index in [-0.39, 0.29) is 0 Å². The molecule has 154 valence electrons. The van der Waals surface area contributed by atoms with Crippen LogP contribution in [0.5, 0.6) is 0 Å². The van der Waals surface area contributed by atoms with Gasteiger partial charge in [0.05, 0.1) is 28.7 Å². The molecule has 9 heteroatoms. The number of benzene rings is 2. The fraction of sp³-hybridized carbons (Fsp3) is 0.350. The topological polar surface area (TPSA) is 90.1 Å². The van der Waals surface area contributed by atoms with Crippen LogP contribution in [0.2, 0.25) is 5.02 Å². The van der Waals surface area contributed by atoms with Gasteiger partial charge in [0, 0.05) is 30.2 Å². The number of aromatic nitrogens is 2. The van der Waals surface area contributed by atoms with Crippen LogP contribution in [0.1, 0.15) is 18.4 Å². The van der Waals surface area contributed by atoms with Gasteiger partial charge in [-0.1, -0.05) is 17.7 Å². The van der Waals surface area contributed by atoms with Crippen LogP contribution in [0.4, 0.5) is 11.4 Å². The van der Waals surface area contributed by atoms with Crippen LogP contribution in [0.3, 0.4) is 0 Å². The Morgan fingerprint density at radius 3 is 2.97 bits per heavy atom. The highest BCUT2D eigenvalue weighted by atomic mass is 35.5. The summed E-state index contributed by atoms with van der Waals surface area (Å²) in [6.07, 6.45) is 5.17. The Hall–Kier alpha value is -2.29. The maximum absolute atomic E-state index is 11.5. The first-order chi connectivity index (χ1) is 13.9. The Kier molecular flexibility index (Phi) is 5.67. The Labute approximate surface area is 175 Å². The van der Waals surface area contributed by atoms with Crippen molar-refractivity contribution in [2.75, 3.05) is 29.4 Å². The molecule has 4 rings (SSSR count). The summed E-state index contributed by atoms with van der Waals surface area (Å²) in [7, 11) is -3.37. The van der Waals surface area contributed by atoms with Crippen LogP contribution < -0.4 is 10.0 Å². The van der Waals surface area contributed by atoms with Crippen LogP contribution >= 0.6 is 11.6 Å². The number of nitrogens with one attached hydrogen (secondary N) is 3. The quantitative estimate of drug-likeness (QED) is 0.551. The number of rotatable bonds is 6. The van der Waals surface area contributed by atoms with Crippen molar-refractivity contribution >= 4 is 43.9 Å². The average molecular weight is 434 g/mol. The lowest BCUT2D eigenvalue weighted by molar-refractivity contribution is 0.208. The normalized spacial score (nSPS) is 18.1. The zero-order chi connectivity index (χ0) is 20.4. The van der Waals surface area contributed by atoms with Gasteiger partial charge in [-0.25, -0.2) is 8.42 Å². The van der Waals surface area contributed by atoms with Crippen molar-refractivity contribution in [3.05, 3.63) is 53.2 Å². The number of aromatic amines is 1. The van der Waals surface area contributed by atoms with Crippen molar-refractivity contribution < 1.29 is 8.42 Å². The number of halogens is 1. The van der Waals surface area contributed by atoms with E-state index in [9.17, 15) is 8.42 Å². The van der Waals surface area contributed by atoms with Gasteiger partial charge in [-0.2, -0.15) is 5.10 Å². The molecule has 0 bridgehead atoms. The van der Waals surface area contributed by atoms with Gasteiger partial charge in [0.1, 0.15) is 0 Å². The van der Waals surface area contributed by atoms with Crippen LogP contribution in [0, 0.1) is 0 Å². The lowest BCUT2D eigenvalue weighted by atomic mass is 10.0. The van der Waals surface area contributed by atoms with Gasteiger partial charge in [-0.15, -0.1) is 0 Å². The lowest BCUT2D eigenvalue weighted by Crippen LogP contribution is -2.41. The summed E-state index contributed by atoms with van der Waals surface area (Å²) >= 11 is 6.13. The molecule has 1 atom stereocenters. The highest BCUT2D eigenvalue weighted by Crippen LogP contribution is 2.26. The van der Waals surface area contributed by atoms with Gasteiger partial charge in [0.15, 0.2) is 0 Å². The third kappa shape index (κ3) is 5.20. The summed E-state index contributed by atoms with van der Waals surface area (Å²) in [4.78, 5) is 2.38. The minimum Gasteiger partial charge on any atom is -0.381 e. The molecule has 0 radical (unpaired) electrons. The van der Waals surface area contributed by atoms with Crippen molar-refractivity contribution in [1.29, 1.82) is 0 Å². The van der Waals surface area contributed by atoms with E-state index in [0.717, 1.165) is 60.9 Å². The third-order valence-electron chi connectivity index (χ3n) is 5.05. The van der Waals surface area contributed by atoms with E-state index >= 15 is 0 Å². The summed E-state index contributed by atoms with van der Waals surface area (Å²) in [5, 5.41) is 12.2. The van der Waals surface area contributed by atoms with Gasteiger partial charge in [-0.05, 0) is 55.3 Å². The molecular formula is C20H24ClN5O2S. The Morgan fingerprint density at radius 2 is 2.14 bits per heavy atom. The predicted octanol–water partition coefficient (Wildman–Crippen LogP) is 3.66. The summed E-state index contributed by atoms with van der Waals surface area (Å²) in [6.45, 7) is 2.67. The standard InChI is InChI=1S/C20H24ClN5O2S/c1-29(27,28)25-20-9-14(4-6-18(20)21)12-26-8-2-3-17(13-26)23-16-5-7-19-15(10-16)11-22-24-19/h4-7,9-11,17,23,25H,2-3,8,12-13H2,1H3,(H,22,24)/t17-/m1/s1. The van der Waals surface area contributed by atoms with Crippen molar-refractivity contribution in [2.45, 2.75) is 25.4 Å². The number of hydrogen-bond donors (Lipinski definition) is 3. The molecule has 3 N–H and O–H groups in total. The fourth-order valence-corrected chi connectivity index (χ4v) is 4.58.